The molecule has 0 heterocycles. The van der Waals surface area contributed by atoms with Crippen LogP contribution in [0.25, 0.3) is 6.08 Å². The van der Waals surface area contributed by atoms with Crippen molar-refractivity contribution in [3.05, 3.63) is 69.7 Å². The summed E-state index contributed by atoms with van der Waals surface area (Å²) in [6.45, 7) is 0.482. The number of halogens is 1. The topological polar surface area (TPSA) is 56.8 Å². The lowest BCUT2D eigenvalue weighted by atomic mass is 10.1. The van der Waals surface area contributed by atoms with Gasteiger partial charge in [0.25, 0.3) is 0 Å². The van der Waals surface area contributed by atoms with Crippen LogP contribution >= 0.6 is 15.9 Å². The second-order valence-corrected chi connectivity index (χ2v) is 5.10. The number of rotatable bonds is 4. The zero-order valence-corrected chi connectivity index (χ0v) is 12.7. The first kappa shape index (κ1) is 14.8. The van der Waals surface area contributed by atoms with Crippen molar-refractivity contribution in [3.8, 4) is 17.9 Å². The molecule has 0 saturated heterocycles. The molecule has 0 bridgehead atoms. The molecule has 0 aliphatic heterocycles. The fraction of sp³-hybridized carbons (Fsp3) is 0.0588. The Morgan fingerprint density at radius 2 is 1.81 bits per heavy atom. The van der Waals surface area contributed by atoms with Crippen LogP contribution in [0.2, 0.25) is 0 Å². The zero-order chi connectivity index (χ0) is 15.1. The minimum atomic E-state index is 0.0693. The van der Waals surface area contributed by atoms with Gasteiger partial charge in [-0.2, -0.15) is 10.5 Å². The third-order valence-electron chi connectivity index (χ3n) is 2.75. The molecule has 3 nitrogen and oxygen atoms in total. The van der Waals surface area contributed by atoms with Gasteiger partial charge in [-0.1, -0.05) is 36.4 Å². The standard InChI is InChI=1S/C17H11BrN2O/c18-16-9-14(8-15(10-19)11-20)6-7-17(16)21-12-13-4-2-1-3-5-13/h1-9H,12H2. The minimum Gasteiger partial charge on any atom is -0.488 e. The van der Waals surface area contributed by atoms with Crippen LogP contribution in [0.15, 0.2) is 58.6 Å². The predicted molar refractivity (Wildman–Crippen MR) is 84.1 cm³/mol. The van der Waals surface area contributed by atoms with E-state index in [1.54, 1.807) is 6.07 Å². The molecule has 21 heavy (non-hydrogen) atoms. The van der Waals surface area contributed by atoms with Gasteiger partial charge >= 0.3 is 0 Å². The normalized spacial score (nSPS) is 9.29. The van der Waals surface area contributed by atoms with Crippen LogP contribution in [0.5, 0.6) is 5.75 Å². The number of ether oxygens (including phenoxy) is 1. The molecule has 0 N–H and O–H groups in total. The monoisotopic (exact) mass is 338 g/mol. The molecule has 0 atom stereocenters. The molecule has 0 saturated carbocycles. The van der Waals surface area contributed by atoms with Gasteiger partial charge in [0.05, 0.1) is 4.47 Å². The fourth-order valence-electron chi connectivity index (χ4n) is 1.72. The number of hydrogen-bond donors (Lipinski definition) is 0. The Morgan fingerprint density at radius 3 is 2.43 bits per heavy atom. The zero-order valence-electron chi connectivity index (χ0n) is 11.1. The second-order valence-electron chi connectivity index (χ2n) is 4.25. The molecule has 0 aromatic heterocycles. The Labute approximate surface area is 131 Å². The first-order chi connectivity index (χ1) is 10.2. The van der Waals surface area contributed by atoms with Crippen LogP contribution in [0.3, 0.4) is 0 Å². The van der Waals surface area contributed by atoms with E-state index in [9.17, 15) is 0 Å². The Morgan fingerprint density at radius 1 is 1.10 bits per heavy atom. The van der Waals surface area contributed by atoms with Crippen LogP contribution < -0.4 is 4.74 Å². The Hall–Kier alpha value is -2.56. The summed E-state index contributed by atoms with van der Waals surface area (Å²) in [7, 11) is 0. The van der Waals surface area contributed by atoms with Gasteiger partial charge in [0, 0.05) is 0 Å². The van der Waals surface area contributed by atoms with Crippen LogP contribution in [0, 0.1) is 22.7 Å². The van der Waals surface area contributed by atoms with Crippen LogP contribution in [-0.2, 0) is 6.61 Å². The van der Waals surface area contributed by atoms with Gasteiger partial charge in [-0.25, -0.2) is 0 Å². The highest BCUT2D eigenvalue weighted by molar-refractivity contribution is 9.10. The lowest BCUT2D eigenvalue weighted by molar-refractivity contribution is 0.304. The largest absolute Gasteiger partial charge is 0.488 e. The molecule has 0 fully saturated rings. The molecule has 2 aromatic carbocycles. The summed E-state index contributed by atoms with van der Waals surface area (Å²) in [5.74, 6) is 0.714. The molecule has 102 valence electrons. The second kappa shape index (κ2) is 7.28. The third-order valence-corrected chi connectivity index (χ3v) is 3.36. The van der Waals surface area contributed by atoms with Gasteiger partial charge in [0.15, 0.2) is 0 Å². The molecule has 0 amide bonds. The van der Waals surface area contributed by atoms with Gasteiger partial charge < -0.3 is 4.74 Å². The number of hydrogen-bond acceptors (Lipinski definition) is 3. The number of benzene rings is 2. The maximum Gasteiger partial charge on any atom is 0.134 e. The average Bonchev–Trinajstić information content (AvgIpc) is 2.52. The lowest BCUT2D eigenvalue weighted by Gasteiger charge is -2.09. The molecule has 0 aliphatic rings. The third kappa shape index (κ3) is 4.21. The van der Waals surface area contributed by atoms with Gasteiger partial charge in [-0.05, 0) is 45.3 Å². The first-order valence-corrected chi connectivity index (χ1v) is 7.00. The van der Waals surface area contributed by atoms with Gasteiger partial charge in [-0.3, -0.25) is 0 Å². The first-order valence-electron chi connectivity index (χ1n) is 6.21. The van der Waals surface area contributed by atoms with E-state index in [-0.39, 0.29) is 5.57 Å². The van der Waals surface area contributed by atoms with Crippen LogP contribution in [0.4, 0.5) is 0 Å². The average molecular weight is 339 g/mol. The molecule has 2 aromatic rings. The van der Waals surface area contributed by atoms with Gasteiger partial charge in [0.2, 0.25) is 0 Å². The van der Waals surface area contributed by atoms with Crippen molar-refractivity contribution in [1.29, 1.82) is 10.5 Å². The van der Waals surface area contributed by atoms with E-state index in [1.807, 2.05) is 54.6 Å². The van der Waals surface area contributed by atoms with Gasteiger partial charge in [-0.15, -0.1) is 0 Å². The van der Waals surface area contributed by atoms with Crippen LogP contribution in [-0.4, -0.2) is 0 Å². The van der Waals surface area contributed by atoms with Gasteiger partial charge in [0.1, 0.15) is 30.1 Å². The molecular formula is C17H11BrN2O. The minimum absolute atomic E-state index is 0.0693. The summed E-state index contributed by atoms with van der Waals surface area (Å²) in [6, 6.07) is 19.0. The van der Waals surface area contributed by atoms with E-state index in [4.69, 9.17) is 15.3 Å². The number of allylic oxidation sites excluding steroid dienone is 1. The Kier molecular flexibility index (Phi) is 5.15. The van der Waals surface area contributed by atoms with Crippen molar-refractivity contribution in [2.45, 2.75) is 6.61 Å². The van der Waals surface area contributed by atoms with Crippen molar-refractivity contribution in [3.63, 3.8) is 0 Å². The summed E-state index contributed by atoms with van der Waals surface area (Å²) in [6.07, 6.45) is 1.53. The van der Waals surface area contributed by atoms with Crippen molar-refractivity contribution in [2.75, 3.05) is 0 Å². The lowest BCUT2D eigenvalue weighted by Crippen LogP contribution is -1.95. The van der Waals surface area contributed by atoms with E-state index in [0.717, 1.165) is 15.6 Å². The number of nitrogens with zero attached hydrogens (tertiary/aromatic N) is 2. The fourth-order valence-corrected chi connectivity index (χ4v) is 2.23. The molecule has 0 aliphatic carbocycles. The highest BCUT2D eigenvalue weighted by Crippen LogP contribution is 2.27. The van der Waals surface area contributed by atoms with E-state index in [0.29, 0.717) is 12.4 Å². The summed E-state index contributed by atoms with van der Waals surface area (Å²) in [5, 5.41) is 17.5. The van der Waals surface area contributed by atoms with E-state index in [2.05, 4.69) is 15.9 Å². The maximum absolute atomic E-state index is 8.74. The summed E-state index contributed by atoms with van der Waals surface area (Å²) < 4.78 is 6.52. The SMILES string of the molecule is N#CC(C#N)=Cc1ccc(OCc2ccccc2)c(Br)c1. The van der Waals surface area contributed by atoms with E-state index >= 15 is 0 Å². The molecule has 2 rings (SSSR count). The predicted octanol–water partition coefficient (Wildman–Crippen LogP) is 4.46. The highest BCUT2D eigenvalue weighted by Gasteiger charge is 2.03. The van der Waals surface area contributed by atoms with Crippen molar-refractivity contribution < 1.29 is 4.74 Å². The van der Waals surface area contributed by atoms with Crippen molar-refractivity contribution in [2.24, 2.45) is 0 Å². The van der Waals surface area contributed by atoms with Crippen LogP contribution in [0.1, 0.15) is 11.1 Å². The summed E-state index contributed by atoms with van der Waals surface area (Å²) in [5.41, 5.74) is 1.93. The van der Waals surface area contributed by atoms with Crippen molar-refractivity contribution >= 4 is 22.0 Å². The highest BCUT2D eigenvalue weighted by atomic mass is 79.9. The number of nitriles is 2. The molecule has 0 radical (unpaired) electrons. The van der Waals surface area contributed by atoms with Crippen molar-refractivity contribution in [1.82, 2.24) is 0 Å². The molecule has 0 spiro atoms. The molecule has 4 heteroatoms. The molecular weight excluding hydrogens is 328 g/mol. The van der Waals surface area contributed by atoms with E-state index < -0.39 is 0 Å². The smallest absolute Gasteiger partial charge is 0.134 e. The maximum atomic E-state index is 8.74. The summed E-state index contributed by atoms with van der Waals surface area (Å²) in [4.78, 5) is 0. The Balaban J connectivity index is 2.12. The molecule has 0 unspecified atom stereocenters. The quantitative estimate of drug-likeness (QED) is 0.773. The van der Waals surface area contributed by atoms with E-state index in [1.165, 1.54) is 6.08 Å². The Bertz CT molecular complexity index is 724. The summed E-state index contributed by atoms with van der Waals surface area (Å²) >= 11 is 3.43.